The lowest BCUT2D eigenvalue weighted by atomic mass is 10.2. The third kappa shape index (κ3) is 4.63. The lowest BCUT2D eigenvalue weighted by Gasteiger charge is -2.34. The molecule has 0 spiro atoms. The number of carbonyl (C=O) groups is 1. The third-order valence-corrected chi connectivity index (χ3v) is 5.57. The van der Waals surface area contributed by atoms with Gasteiger partial charge < -0.3 is 28.5 Å². The predicted octanol–water partition coefficient (Wildman–Crippen LogP) is 1.88. The fraction of sp³-hybridized carbons (Fsp3) is 0.348. The number of fused-ring (bicyclic) bond motifs is 1. The van der Waals surface area contributed by atoms with Gasteiger partial charge in [0.15, 0.2) is 17.3 Å². The van der Waals surface area contributed by atoms with Crippen molar-refractivity contribution in [1.82, 2.24) is 15.2 Å². The topological polar surface area (TPSA) is 117 Å². The Labute approximate surface area is 190 Å². The van der Waals surface area contributed by atoms with Crippen molar-refractivity contribution >= 4 is 11.8 Å². The standard InChI is InChI=1S/C23H23N5O5/c24-12-17-23(33-22(26-17)20-6-3-11-30-20)28-9-7-27(8-10-28)14-21(29)25-13-16-15-31-18-4-1-2-5-19(18)32-16/h1-6,11,16H,7-10,13-15H2,(H,25,29). The minimum absolute atomic E-state index is 0.0663. The molecule has 0 aliphatic carbocycles. The highest BCUT2D eigenvalue weighted by molar-refractivity contribution is 5.78. The number of furan rings is 1. The van der Waals surface area contributed by atoms with Crippen LogP contribution in [0.2, 0.25) is 0 Å². The molecule has 2 aliphatic rings. The number of ether oxygens (including phenoxy) is 2. The summed E-state index contributed by atoms with van der Waals surface area (Å²) < 4.78 is 22.7. The summed E-state index contributed by atoms with van der Waals surface area (Å²) in [5, 5.41) is 12.4. The van der Waals surface area contributed by atoms with Crippen molar-refractivity contribution in [2.75, 3.05) is 50.8 Å². The zero-order valence-electron chi connectivity index (χ0n) is 17.9. The van der Waals surface area contributed by atoms with Gasteiger partial charge in [-0.05, 0) is 24.3 Å². The summed E-state index contributed by atoms with van der Waals surface area (Å²) in [5.41, 5.74) is 0.226. The number of hydrogen-bond donors (Lipinski definition) is 1. The Morgan fingerprint density at radius 3 is 2.73 bits per heavy atom. The maximum Gasteiger partial charge on any atom is 0.266 e. The Balaban J connectivity index is 1.10. The van der Waals surface area contributed by atoms with Crippen molar-refractivity contribution in [3.05, 3.63) is 48.4 Å². The summed E-state index contributed by atoms with van der Waals surface area (Å²) in [5.74, 6) is 2.54. The smallest absolute Gasteiger partial charge is 0.266 e. The quantitative estimate of drug-likeness (QED) is 0.602. The molecule has 1 amide bonds. The van der Waals surface area contributed by atoms with Crippen LogP contribution in [-0.2, 0) is 4.79 Å². The lowest BCUT2D eigenvalue weighted by molar-refractivity contribution is -0.122. The molecule has 170 valence electrons. The van der Waals surface area contributed by atoms with E-state index in [9.17, 15) is 10.1 Å². The van der Waals surface area contributed by atoms with Crippen molar-refractivity contribution in [3.63, 3.8) is 0 Å². The monoisotopic (exact) mass is 449 g/mol. The van der Waals surface area contributed by atoms with Crippen LogP contribution in [0.1, 0.15) is 5.69 Å². The number of hydrogen-bond acceptors (Lipinski definition) is 9. The SMILES string of the molecule is N#Cc1nc(-c2ccco2)oc1N1CCN(CC(=O)NCC2COc3ccccc3O2)CC1. The van der Waals surface area contributed by atoms with Crippen LogP contribution in [-0.4, -0.2) is 67.8 Å². The summed E-state index contributed by atoms with van der Waals surface area (Å²) in [4.78, 5) is 20.7. The molecule has 0 saturated carbocycles. The summed E-state index contributed by atoms with van der Waals surface area (Å²) >= 11 is 0. The van der Waals surface area contributed by atoms with Crippen molar-refractivity contribution in [3.8, 4) is 29.2 Å². The lowest BCUT2D eigenvalue weighted by Crippen LogP contribution is -2.50. The maximum absolute atomic E-state index is 12.4. The maximum atomic E-state index is 12.4. The van der Waals surface area contributed by atoms with Gasteiger partial charge in [0.05, 0.1) is 19.4 Å². The van der Waals surface area contributed by atoms with E-state index < -0.39 is 0 Å². The van der Waals surface area contributed by atoms with E-state index in [1.165, 1.54) is 6.26 Å². The van der Waals surface area contributed by atoms with E-state index in [4.69, 9.17) is 18.3 Å². The first-order valence-corrected chi connectivity index (χ1v) is 10.8. The van der Waals surface area contributed by atoms with Gasteiger partial charge in [-0.3, -0.25) is 9.69 Å². The molecule has 0 bridgehead atoms. The van der Waals surface area contributed by atoms with Gasteiger partial charge in [0.2, 0.25) is 17.5 Å². The number of amides is 1. The van der Waals surface area contributed by atoms with Crippen molar-refractivity contribution in [2.24, 2.45) is 0 Å². The molecule has 1 fully saturated rings. The normalized spacial score (nSPS) is 18.0. The molecule has 1 atom stereocenters. The van der Waals surface area contributed by atoms with Crippen LogP contribution in [0.5, 0.6) is 11.5 Å². The van der Waals surface area contributed by atoms with E-state index in [0.717, 1.165) is 5.75 Å². The number of nitriles is 1. The molecule has 1 N–H and O–H groups in total. The number of piperazine rings is 1. The second-order valence-corrected chi connectivity index (χ2v) is 7.83. The molecule has 1 aromatic carbocycles. The highest BCUT2D eigenvalue weighted by Gasteiger charge is 2.26. The summed E-state index contributed by atoms with van der Waals surface area (Å²) in [6.45, 7) is 3.62. The van der Waals surface area contributed by atoms with Gasteiger partial charge in [0.1, 0.15) is 18.8 Å². The number of anilines is 1. The van der Waals surface area contributed by atoms with Crippen LogP contribution in [0.25, 0.3) is 11.7 Å². The van der Waals surface area contributed by atoms with E-state index >= 15 is 0 Å². The van der Waals surface area contributed by atoms with Crippen LogP contribution in [0.3, 0.4) is 0 Å². The molecule has 1 unspecified atom stereocenters. The molecule has 33 heavy (non-hydrogen) atoms. The average Bonchev–Trinajstić information content (AvgIpc) is 3.53. The van der Waals surface area contributed by atoms with Crippen molar-refractivity contribution in [2.45, 2.75) is 6.10 Å². The van der Waals surface area contributed by atoms with Crippen molar-refractivity contribution < 1.29 is 23.1 Å². The zero-order chi connectivity index (χ0) is 22.6. The van der Waals surface area contributed by atoms with Gasteiger partial charge in [-0.2, -0.15) is 10.2 Å². The van der Waals surface area contributed by atoms with Crippen LogP contribution in [0, 0.1) is 11.3 Å². The number of nitrogens with zero attached hydrogens (tertiary/aromatic N) is 4. The molecule has 1 saturated heterocycles. The third-order valence-electron chi connectivity index (χ3n) is 5.57. The van der Waals surface area contributed by atoms with E-state index in [2.05, 4.69) is 21.3 Å². The molecule has 10 heteroatoms. The Morgan fingerprint density at radius 1 is 1.15 bits per heavy atom. The molecular weight excluding hydrogens is 426 g/mol. The fourth-order valence-electron chi connectivity index (χ4n) is 3.86. The number of nitrogens with one attached hydrogen (secondary N) is 1. The number of oxazole rings is 1. The number of carbonyl (C=O) groups excluding carboxylic acids is 1. The molecular formula is C23H23N5O5. The minimum atomic E-state index is -0.222. The van der Waals surface area contributed by atoms with Crippen molar-refractivity contribution in [1.29, 1.82) is 5.26 Å². The summed E-state index contributed by atoms with van der Waals surface area (Å²) in [6.07, 6.45) is 1.31. The first kappa shape index (κ1) is 20.9. The number of aromatic nitrogens is 1. The van der Waals surface area contributed by atoms with Gasteiger partial charge in [0.25, 0.3) is 5.89 Å². The highest BCUT2D eigenvalue weighted by Crippen LogP contribution is 2.31. The van der Waals surface area contributed by atoms with Crippen LogP contribution < -0.4 is 19.7 Å². The number of para-hydroxylation sites is 2. The first-order valence-electron chi connectivity index (χ1n) is 10.8. The zero-order valence-corrected chi connectivity index (χ0v) is 17.9. The Bertz CT molecular complexity index is 1140. The number of benzene rings is 1. The van der Waals surface area contributed by atoms with E-state index in [-0.39, 0.29) is 30.1 Å². The fourth-order valence-corrected chi connectivity index (χ4v) is 3.86. The minimum Gasteiger partial charge on any atom is -0.486 e. The Hall–Kier alpha value is -3.97. The molecule has 2 aliphatic heterocycles. The van der Waals surface area contributed by atoms with E-state index in [1.807, 2.05) is 29.2 Å². The largest absolute Gasteiger partial charge is 0.486 e. The Kier molecular flexibility index (Phi) is 5.87. The molecule has 3 aromatic rings. The van der Waals surface area contributed by atoms with Gasteiger partial charge in [-0.1, -0.05) is 12.1 Å². The average molecular weight is 449 g/mol. The van der Waals surface area contributed by atoms with E-state index in [0.29, 0.717) is 56.7 Å². The summed E-state index contributed by atoms with van der Waals surface area (Å²) in [6, 6.07) is 13.1. The molecule has 2 aromatic heterocycles. The van der Waals surface area contributed by atoms with Crippen LogP contribution >= 0.6 is 0 Å². The van der Waals surface area contributed by atoms with Crippen LogP contribution in [0.15, 0.2) is 51.5 Å². The van der Waals surface area contributed by atoms with Gasteiger partial charge >= 0.3 is 0 Å². The first-order chi connectivity index (χ1) is 16.2. The summed E-state index contributed by atoms with van der Waals surface area (Å²) in [7, 11) is 0. The van der Waals surface area contributed by atoms with Gasteiger partial charge in [-0.25, -0.2) is 0 Å². The molecule has 5 rings (SSSR count). The predicted molar refractivity (Wildman–Crippen MR) is 117 cm³/mol. The number of rotatable bonds is 6. The van der Waals surface area contributed by atoms with Gasteiger partial charge in [-0.15, -0.1) is 0 Å². The highest BCUT2D eigenvalue weighted by atomic mass is 16.6. The second-order valence-electron chi connectivity index (χ2n) is 7.83. The Morgan fingerprint density at radius 2 is 1.97 bits per heavy atom. The second kappa shape index (κ2) is 9.26. The van der Waals surface area contributed by atoms with Crippen LogP contribution in [0.4, 0.5) is 5.88 Å². The molecule has 4 heterocycles. The van der Waals surface area contributed by atoms with Gasteiger partial charge in [0, 0.05) is 26.2 Å². The molecule has 0 radical (unpaired) electrons. The molecule has 10 nitrogen and oxygen atoms in total. The van der Waals surface area contributed by atoms with E-state index in [1.54, 1.807) is 12.1 Å².